The fraction of sp³-hybridized carbons (Fsp3) is 0.308. The summed E-state index contributed by atoms with van der Waals surface area (Å²) in [5, 5.41) is 20.1. The number of phenols is 1. The van der Waals surface area contributed by atoms with Gasteiger partial charge < -0.3 is 5.11 Å². The lowest BCUT2D eigenvalue weighted by Gasteiger charge is -2.31. The number of hydrogen-bond acceptors (Lipinski definition) is 3. The molecule has 4 aromatic rings. The molecule has 0 fully saturated rings. The lowest BCUT2D eigenvalue weighted by Crippen LogP contribution is -2.20. The van der Waals surface area contributed by atoms with Gasteiger partial charge in [0, 0.05) is 5.56 Å². The van der Waals surface area contributed by atoms with E-state index in [-0.39, 0.29) is 10.8 Å². The van der Waals surface area contributed by atoms with Gasteiger partial charge >= 0.3 is 0 Å². The van der Waals surface area contributed by atoms with Crippen molar-refractivity contribution in [2.24, 2.45) is 0 Å². The van der Waals surface area contributed by atoms with E-state index < -0.39 is 0 Å². The first-order valence-corrected chi connectivity index (χ1v) is 10.4. The Morgan fingerprint density at radius 3 is 1.63 bits per heavy atom. The molecule has 0 bridgehead atoms. The number of phenolic OH excluding ortho intramolecular Hbond substituents is 1. The quantitative estimate of drug-likeness (QED) is 0.425. The van der Waals surface area contributed by atoms with Crippen LogP contribution in [0.3, 0.4) is 0 Å². The zero-order chi connectivity index (χ0) is 21.7. The third-order valence-electron chi connectivity index (χ3n) is 5.43. The van der Waals surface area contributed by atoms with Gasteiger partial charge in [-0.1, -0.05) is 71.9 Å². The number of benzene rings is 3. The predicted octanol–water partition coefficient (Wildman–Crippen LogP) is 6.39. The number of hydrogen-bond donors (Lipinski definition) is 1. The fourth-order valence-corrected chi connectivity index (χ4v) is 3.88. The Labute approximate surface area is 178 Å². The van der Waals surface area contributed by atoms with E-state index >= 15 is 0 Å². The zero-order valence-electron chi connectivity index (χ0n) is 18.6. The SMILES string of the molecule is CC(C)(C)c1cc(-n2nc3ccccc3n2)cc(C(C)(C)C)c1-c1ccccc1O. The maximum absolute atomic E-state index is 10.7. The van der Waals surface area contributed by atoms with Crippen LogP contribution in [0, 0.1) is 0 Å². The fourth-order valence-electron chi connectivity index (χ4n) is 3.88. The van der Waals surface area contributed by atoms with E-state index in [2.05, 4.69) is 53.7 Å². The standard InChI is InChI=1S/C26H29N3O/c1-25(2,3)19-15-17(29-27-21-12-8-9-13-22(21)28-29)16-20(26(4,5)6)24(19)18-11-7-10-14-23(18)30/h7-16,30H,1-6H3. The van der Waals surface area contributed by atoms with Crippen LogP contribution >= 0.6 is 0 Å². The Hall–Kier alpha value is -3.14. The van der Waals surface area contributed by atoms with Crippen LogP contribution in [-0.2, 0) is 10.8 Å². The Bertz CT molecular complexity index is 1150. The minimum absolute atomic E-state index is 0.139. The molecule has 4 heteroatoms. The molecule has 0 unspecified atom stereocenters. The third-order valence-corrected chi connectivity index (χ3v) is 5.43. The molecule has 154 valence electrons. The van der Waals surface area contributed by atoms with Crippen molar-refractivity contribution >= 4 is 11.0 Å². The van der Waals surface area contributed by atoms with Crippen molar-refractivity contribution in [2.75, 3.05) is 0 Å². The molecule has 0 saturated carbocycles. The Morgan fingerprint density at radius 2 is 1.17 bits per heavy atom. The van der Waals surface area contributed by atoms with Crippen molar-refractivity contribution in [3.63, 3.8) is 0 Å². The summed E-state index contributed by atoms with van der Waals surface area (Å²) in [5.74, 6) is 0.296. The van der Waals surface area contributed by atoms with Crippen molar-refractivity contribution in [1.29, 1.82) is 0 Å². The monoisotopic (exact) mass is 399 g/mol. The van der Waals surface area contributed by atoms with E-state index in [1.807, 2.05) is 42.5 Å². The van der Waals surface area contributed by atoms with Gasteiger partial charge in [0.1, 0.15) is 16.8 Å². The molecule has 3 aromatic carbocycles. The molecule has 1 N–H and O–H groups in total. The summed E-state index contributed by atoms with van der Waals surface area (Å²) in [6, 6.07) is 19.8. The zero-order valence-corrected chi connectivity index (χ0v) is 18.6. The molecule has 30 heavy (non-hydrogen) atoms. The lowest BCUT2D eigenvalue weighted by molar-refractivity contribution is 0.476. The molecule has 0 aliphatic heterocycles. The molecular weight excluding hydrogens is 370 g/mol. The molecule has 4 nitrogen and oxygen atoms in total. The second kappa shape index (κ2) is 6.98. The van der Waals surface area contributed by atoms with Gasteiger partial charge in [0.15, 0.2) is 0 Å². The van der Waals surface area contributed by atoms with Crippen molar-refractivity contribution < 1.29 is 5.11 Å². The van der Waals surface area contributed by atoms with E-state index in [0.29, 0.717) is 5.75 Å². The average molecular weight is 400 g/mol. The summed E-state index contributed by atoms with van der Waals surface area (Å²) in [7, 11) is 0. The number of aromatic hydroxyl groups is 1. The van der Waals surface area contributed by atoms with E-state index in [9.17, 15) is 5.11 Å². The van der Waals surface area contributed by atoms with E-state index in [1.54, 1.807) is 10.9 Å². The van der Waals surface area contributed by atoms with Gasteiger partial charge in [-0.3, -0.25) is 0 Å². The second-order valence-electron chi connectivity index (χ2n) is 9.91. The summed E-state index contributed by atoms with van der Waals surface area (Å²) >= 11 is 0. The minimum atomic E-state index is -0.139. The van der Waals surface area contributed by atoms with E-state index in [0.717, 1.165) is 39.0 Å². The average Bonchev–Trinajstić information content (AvgIpc) is 3.10. The third kappa shape index (κ3) is 3.58. The highest BCUT2D eigenvalue weighted by molar-refractivity contribution is 5.80. The number of nitrogens with zero attached hydrogens (tertiary/aromatic N) is 3. The summed E-state index contributed by atoms with van der Waals surface area (Å²) in [6.45, 7) is 13.2. The van der Waals surface area contributed by atoms with Crippen LogP contribution in [-0.4, -0.2) is 20.1 Å². The molecule has 0 spiro atoms. The molecule has 1 heterocycles. The highest BCUT2D eigenvalue weighted by Crippen LogP contribution is 2.44. The van der Waals surface area contributed by atoms with Gasteiger partial charge in [0.2, 0.25) is 0 Å². The van der Waals surface area contributed by atoms with Crippen molar-refractivity contribution in [3.8, 4) is 22.6 Å². The Morgan fingerprint density at radius 1 is 0.700 bits per heavy atom. The van der Waals surface area contributed by atoms with Crippen LogP contribution in [0.1, 0.15) is 52.7 Å². The van der Waals surface area contributed by atoms with Crippen LogP contribution in [0.15, 0.2) is 60.7 Å². The lowest BCUT2D eigenvalue weighted by atomic mass is 9.74. The van der Waals surface area contributed by atoms with Gasteiger partial charge in [0.05, 0.1) is 5.69 Å². The molecule has 0 saturated heterocycles. The largest absolute Gasteiger partial charge is 0.507 e. The maximum Gasteiger partial charge on any atom is 0.123 e. The molecule has 1 aromatic heterocycles. The summed E-state index contributed by atoms with van der Waals surface area (Å²) in [4.78, 5) is 1.73. The first kappa shape index (κ1) is 20.1. The van der Waals surface area contributed by atoms with Crippen LogP contribution < -0.4 is 0 Å². The number of para-hydroxylation sites is 1. The molecule has 0 radical (unpaired) electrons. The molecule has 0 atom stereocenters. The number of fused-ring (bicyclic) bond motifs is 1. The Kier molecular flexibility index (Phi) is 4.69. The van der Waals surface area contributed by atoms with Gasteiger partial charge in [-0.05, 0) is 57.9 Å². The van der Waals surface area contributed by atoms with Gasteiger partial charge in [0.25, 0.3) is 0 Å². The van der Waals surface area contributed by atoms with Crippen LogP contribution in [0.4, 0.5) is 0 Å². The van der Waals surface area contributed by atoms with Crippen LogP contribution in [0.2, 0.25) is 0 Å². The molecule has 0 aliphatic carbocycles. The summed E-state index contributed by atoms with van der Waals surface area (Å²) in [6.07, 6.45) is 0. The Balaban J connectivity index is 2.07. The van der Waals surface area contributed by atoms with Crippen LogP contribution in [0.5, 0.6) is 5.75 Å². The normalized spacial score (nSPS) is 12.5. The molecular formula is C26H29N3O. The van der Waals surface area contributed by atoms with Gasteiger partial charge in [-0.2, -0.15) is 4.80 Å². The topological polar surface area (TPSA) is 50.9 Å². The molecule has 4 rings (SSSR count). The number of aromatic nitrogens is 3. The predicted molar refractivity (Wildman–Crippen MR) is 123 cm³/mol. The highest BCUT2D eigenvalue weighted by Gasteiger charge is 2.29. The summed E-state index contributed by atoms with van der Waals surface area (Å²) < 4.78 is 0. The first-order valence-electron chi connectivity index (χ1n) is 10.4. The number of rotatable bonds is 2. The second-order valence-corrected chi connectivity index (χ2v) is 9.91. The highest BCUT2D eigenvalue weighted by atomic mass is 16.3. The van der Waals surface area contributed by atoms with Crippen molar-refractivity contribution in [3.05, 3.63) is 71.8 Å². The van der Waals surface area contributed by atoms with Crippen molar-refractivity contribution in [2.45, 2.75) is 52.4 Å². The summed E-state index contributed by atoms with van der Waals surface area (Å²) in [5.41, 5.74) is 6.67. The molecule has 0 aliphatic rings. The van der Waals surface area contributed by atoms with Crippen LogP contribution in [0.25, 0.3) is 27.8 Å². The van der Waals surface area contributed by atoms with Gasteiger partial charge in [-0.25, -0.2) is 0 Å². The smallest absolute Gasteiger partial charge is 0.123 e. The first-order chi connectivity index (χ1) is 14.1. The van der Waals surface area contributed by atoms with Gasteiger partial charge in [-0.15, -0.1) is 10.2 Å². The molecule has 0 amide bonds. The minimum Gasteiger partial charge on any atom is -0.507 e. The van der Waals surface area contributed by atoms with Crippen molar-refractivity contribution in [1.82, 2.24) is 15.0 Å². The van der Waals surface area contributed by atoms with E-state index in [1.165, 1.54) is 0 Å². The van der Waals surface area contributed by atoms with E-state index in [4.69, 9.17) is 10.2 Å². The maximum atomic E-state index is 10.7.